The second-order valence-corrected chi connectivity index (χ2v) is 6.98. The van der Waals surface area contributed by atoms with Crippen LogP contribution in [0, 0.1) is 0 Å². The molecule has 5 rings (SSSR count). The van der Waals surface area contributed by atoms with Crippen molar-refractivity contribution < 1.29 is 4.74 Å². The van der Waals surface area contributed by atoms with E-state index in [1.54, 1.807) is 18.6 Å². The maximum atomic E-state index is 5.76. The van der Waals surface area contributed by atoms with Gasteiger partial charge < -0.3 is 9.64 Å². The lowest BCUT2D eigenvalue weighted by Crippen LogP contribution is -2.23. The fraction of sp³-hybridized carbons (Fsp3) is 0.125. The zero-order chi connectivity index (χ0) is 19.5. The molecule has 1 aliphatic rings. The fourth-order valence-electron chi connectivity index (χ4n) is 3.66. The molecule has 3 heterocycles. The molecule has 0 radical (unpaired) electrons. The van der Waals surface area contributed by atoms with Crippen LogP contribution in [-0.4, -0.2) is 28.3 Å². The summed E-state index contributed by atoms with van der Waals surface area (Å²) in [5.41, 5.74) is 5.47. The smallest absolute Gasteiger partial charge is 0.160 e. The van der Waals surface area contributed by atoms with E-state index in [9.17, 15) is 0 Å². The van der Waals surface area contributed by atoms with E-state index >= 15 is 0 Å². The molecule has 1 saturated heterocycles. The standard InChI is InChI=1S/C24H20N4O/c1-2-5-19(6-3-1)23-16-29-17-28(23)22-9-7-18(8-10-22)20-13-21(15-25-14-20)24-26-11-4-12-27-24/h1-15,23H,16-17H2. The van der Waals surface area contributed by atoms with Crippen LogP contribution in [0.3, 0.4) is 0 Å². The second kappa shape index (κ2) is 7.81. The summed E-state index contributed by atoms with van der Waals surface area (Å²) in [6, 6.07) is 23.2. The lowest BCUT2D eigenvalue weighted by Gasteiger charge is -2.25. The molecule has 0 N–H and O–H groups in total. The van der Waals surface area contributed by atoms with Crippen LogP contribution >= 0.6 is 0 Å². The third kappa shape index (κ3) is 3.60. The predicted octanol–water partition coefficient (Wildman–Crippen LogP) is 4.74. The third-order valence-electron chi connectivity index (χ3n) is 5.16. The normalized spacial score (nSPS) is 16.1. The summed E-state index contributed by atoms with van der Waals surface area (Å²) < 4.78 is 5.76. The lowest BCUT2D eigenvalue weighted by atomic mass is 10.0. The van der Waals surface area contributed by atoms with Crippen molar-refractivity contribution in [3.63, 3.8) is 0 Å². The molecule has 0 bridgehead atoms. The number of benzene rings is 2. The number of aromatic nitrogens is 3. The van der Waals surface area contributed by atoms with E-state index in [2.05, 4.69) is 74.4 Å². The lowest BCUT2D eigenvalue weighted by molar-refractivity contribution is 0.194. The summed E-state index contributed by atoms with van der Waals surface area (Å²) in [6.07, 6.45) is 7.14. The fourth-order valence-corrected chi connectivity index (χ4v) is 3.66. The monoisotopic (exact) mass is 380 g/mol. The average Bonchev–Trinajstić information content (AvgIpc) is 3.30. The molecule has 142 valence electrons. The first-order chi connectivity index (χ1) is 14.4. The SMILES string of the molecule is c1ccc(C2COCN2c2ccc(-c3cncc(-c4ncccn4)c3)cc2)cc1. The van der Waals surface area contributed by atoms with Crippen LogP contribution in [0.5, 0.6) is 0 Å². The van der Waals surface area contributed by atoms with E-state index in [-0.39, 0.29) is 6.04 Å². The minimum absolute atomic E-state index is 0.238. The molecule has 29 heavy (non-hydrogen) atoms. The van der Waals surface area contributed by atoms with E-state index in [4.69, 9.17) is 4.74 Å². The topological polar surface area (TPSA) is 51.1 Å². The molecule has 4 aromatic rings. The largest absolute Gasteiger partial charge is 0.359 e. The highest BCUT2D eigenvalue weighted by Gasteiger charge is 2.26. The van der Waals surface area contributed by atoms with Crippen LogP contribution in [0.15, 0.2) is 91.5 Å². The van der Waals surface area contributed by atoms with Crippen LogP contribution < -0.4 is 4.90 Å². The van der Waals surface area contributed by atoms with Crippen molar-refractivity contribution in [2.75, 3.05) is 18.2 Å². The highest BCUT2D eigenvalue weighted by Crippen LogP contribution is 2.33. The number of anilines is 1. The number of nitrogens with zero attached hydrogens (tertiary/aromatic N) is 4. The molecule has 0 aliphatic carbocycles. The van der Waals surface area contributed by atoms with Gasteiger partial charge in [-0.1, -0.05) is 42.5 Å². The summed E-state index contributed by atoms with van der Waals surface area (Å²) in [5.74, 6) is 0.679. The van der Waals surface area contributed by atoms with Gasteiger partial charge in [0.1, 0.15) is 6.73 Å². The molecule has 1 atom stereocenters. The molecule has 2 aromatic heterocycles. The van der Waals surface area contributed by atoms with Gasteiger partial charge in [0.2, 0.25) is 0 Å². The Morgan fingerprint density at radius 2 is 1.55 bits per heavy atom. The van der Waals surface area contributed by atoms with E-state index in [0.29, 0.717) is 19.2 Å². The molecule has 5 heteroatoms. The molecular weight excluding hydrogens is 360 g/mol. The second-order valence-electron chi connectivity index (χ2n) is 6.98. The maximum absolute atomic E-state index is 5.76. The van der Waals surface area contributed by atoms with Gasteiger partial charge >= 0.3 is 0 Å². The van der Waals surface area contributed by atoms with Gasteiger partial charge in [-0.3, -0.25) is 4.98 Å². The highest BCUT2D eigenvalue weighted by atomic mass is 16.5. The van der Waals surface area contributed by atoms with Crippen molar-refractivity contribution in [3.8, 4) is 22.5 Å². The molecule has 0 amide bonds. The molecule has 1 unspecified atom stereocenters. The van der Waals surface area contributed by atoms with Gasteiger partial charge in [0.05, 0.1) is 12.6 Å². The number of hydrogen-bond donors (Lipinski definition) is 0. The number of pyridine rings is 1. The van der Waals surface area contributed by atoms with E-state index in [0.717, 1.165) is 22.4 Å². The van der Waals surface area contributed by atoms with Crippen molar-refractivity contribution in [1.29, 1.82) is 0 Å². The molecule has 5 nitrogen and oxygen atoms in total. The summed E-state index contributed by atoms with van der Waals surface area (Å²) in [4.78, 5) is 15.3. The zero-order valence-corrected chi connectivity index (χ0v) is 15.8. The van der Waals surface area contributed by atoms with Gasteiger partial charge in [0.25, 0.3) is 0 Å². The first-order valence-electron chi connectivity index (χ1n) is 9.61. The molecule has 2 aromatic carbocycles. The first-order valence-corrected chi connectivity index (χ1v) is 9.61. The van der Waals surface area contributed by atoms with E-state index in [1.807, 2.05) is 18.3 Å². The Morgan fingerprint density at radius 3 is 2.34 bits per heavy atom. The molecule has 0 spiro atoms. The van der Waals surface area contributed by atoms with Gasteiger partial charge in [-0.15, -0.1) is 0 Å². The first kappa shape index (κ1) is 17.5. The van der Waals surface area contributed by atoms with Crippen molar-refractivity contribution in [2.45, 2.75) is 6.04 Å². The molecule has 0 saturated carbocycles. The summed E-state index contributed by atoms with van der Waals surface area (Å²) in [5, 5.41) is 0. The molecule has 1 aliphatic heterocycles. The van der Waals surface area contributed by atoms with Gasteiger partial charge in [-0.2, -0.15) is 0 Å². The van der Waals surface area contributed by atoms with Gasteiger partial charge in [-0.25, -0.2) is 9.97 Å². The van der Waals surface area contributed by atoms with Crippen LogP contribution in [0.25, 0.3) is 22.5 Å². The number of rotatable bonds is 4. The average molecular weight is 380 g/mol. The van der Waals surface area contributed by atoms with Crippen molar-refractivity contribution in [1.82, 2.24) is 15.0 Å². The predicted molar refractivity (Wildman–Crippen MR) is 113 cm³/mol. The summed E-state index contributed by atoms with van der Waals surface area (Å²) >= 11 is 0. The summed E-state index contributed by atoms with van der Waals surface area (Å²) in [7, 11) is 0. The van der Waals surface area contributed by atoms with Crippen LogP contribution in [-0.2, 0) is 4.74 Å². The Balaban J connectivity index is 1.41. The summed E-state index contributed by atoms with van der Waals surface area (Å²) in [6.45, 7) is 1.30. The Bertz CT molecular complexity index is 1080. The zero-order valence-electron chi connectivity index (χ0n) is 15.8. The van der Waals surface area contributed by atoms with E-state index < -0.39 is 0 Å². The molecular formula is C24H20N4O. The van der Waals surface area contributed by atoms with Crippen LogP contribution in [0.1, 0.15) is 11.6 Å². The Hall–Kier alpha value is -3.57. The van der Waals surface area contributed by atoms with Gasteiger partial charge in [0, 0.05) is 41.6 Å². The van der Waals surface area contributed by atoms with E-state index in [1.165, 1.54) is 5.56 Å². The minimum atomic E-state index is 0.238. The highest BCUT2D eigenvalue weighted by molar-refractivity contribution is 5.70. The third-order valence-corrected chi connectivity index (χ3v) is 5.16. The van der Waals surface area contributed by atoms with Gasteiger partial charge in [-0.05, 0) is 35.4 Å². The van der Waals surface area contributed by atoms with Crippen LogP contribution in [0.2, 0.25) is 0 Å². The maximum Gasteiger partial charge on any atom is 0.160 e. The Morgan fingerprint density at radius 1 is 0.793 bits per heavy atom. The van der Waals surface area contributed by atoms with Crippen LogP contribution in [0.4, 0.5) is 5.69 Å². The quantitative estimate of drug-likeness (QED) is 0.512. The number of hydrogen-bond acceptors (Lipinski definition) is 5. The minimum Gasteiger partial charge on any atom is -0.359 e. The van der Waals surface area contributed by atoms with Crippen molar-refractivity contribution in [2.24, 2.45) is 0 Å². The molecule has 1 fully saturated rings. The Kier molecular flexibility index (Phi) is 4.72. The number of ether oxygens (including phenoxy) is 1. The van der Waals surface area contributed by atoms with Crippen molar-refractivity contribution >= 4 is 5.69 Å². The van der Waals surface area contributed by atoms with Crippen molar-refractivity contribution in [3.05, 3.63) is 97.1 Å². The Labute approximate surface area is 169 Å². The van der Waals surface area contributed by atoms with Gasteiger partial charge in [0.15, 0.2) is 5.82 Å².